The molecule has 0 aliphatic rings. The molecule has 15 heavy (non-hydrogen) atoms. The summed E-state index contributed by atoms with van der Waals surface area (Å²) in [5.41, 5.74) is 4.86. The van der Waals surface area contributed by atoms with Crippen LogP contribution < -0.4 is 0 Å². The Bertz CT molecular complexity index is 389. The van der Waals surface area contributed by atoms with Gasteiger partial charge in [0.15, 0.2) is 0 Å². The summed E-state index contributed by atoms with van der Waals surface area (Å²) in [5, 5.41) is 0. The number of benzene rings is 1. The molecule has 1 aromatic rings. The molecule has 0 fully saturated rings. The van der Waals surface area contributed by atoms with Crippen molar-refractivity contribution in [3.05, 3.63) is 60.2 Å². The Balaban J connectivity index is 2.93. The monoisotopic (exact) mass is 198 g/mol. The minimum atomic E-state index is 1.11. The highest BCUT2D eigenvalue weighted by Gasteiger charge is 1.96. The summed E-state index contributed by atoms with van der Waals surface area (Å²) in [6, 6.07) is 8.51. The number of hydrogen-bond donors (Lipinski definition) is 0. The minimum absolute atomic E-state index is 1.11. The predicted octanol–water partition coefficient (Wildman–Crippen LogP) is 4.70. The third kappa shape index (κ3) is 3.25. The van der Waals surface area contributed by atoms with Gasteiger partial charge < -0.3 is 0 Å². The molecule has 0 heterocycles. The minimum Gasteiger partial charge on any atom is -0.0955 e. The van der Waals surface area contributed by atoms with Gasteiger partial charge in [-0.1, -0.05) is 54.6 Å². The molecule has 0 spiro atoms. The number of allylic oxidation sites excluding steroid dienone is 5. The summed E-state index contributed by atoms with van der Waals surface area (Å²) in [6.07, 6.45) is 6.21. The predicted molar refractivity (Wildman–Crippen MR) is 69.6 cm³/mol. The van der Waals surface area contributed by atoms with Crippen LogP contribution in [-0.2, 0) is 0 Å². The zero-order valence-corrected chi connectivity index (χ0v) is 9.75. The Morgan fingerprint density at radius 3 is 2.07 bits per heavy atom. The fraction of sp³-hybridized carbons (Fsp3) is 0.200. The molecule has 0 aliphatic heterocycles. The molecule has 0 N–H and O–H groups in total. The Hall–Kier alpha value is -1.56. The maximum Gasteiger partial charge on any atom is -0.0227 e. The van der Waals surface area contributed by atoms with Crippen molar-refractivity contribution >= 4 is 11.1 Å². The quantitative estimate of drug-likeness (QED) is 0.617. The van der Waals surface area contributed by atoms with Crippen LogP contribution in [-0.4, -0.2) is 0 Å². The summed E-state index contributed by atoms with van der Waals surface area (Å²) in [7, 11) is 0. The van der Waals surface area contributed by atoms with E-state index in [0.29, 0.717) is 0 Å². The van der Waals surface area contributed by atoms with E-state index in [4.69, 9.17) is 0 Å². The first-order chi connectivity index (χ1) is 7.15. The Morgan fingerprint density at radius 1 is 1.07 bits per heavy atom. The van der Waals surface area contributed by atoms with Crippen molar-refractivity contribution in [1.82, 2.24) is 0 Å². The molecule has 0 aliphatic carbocycles. The topological polar surface area (TPSA) is 0 Å². The highest BCUT2D eigenvalue weighted by molar-refractivity contribution is 5.68. The molecular weight excluding hydrogens is 180 g/mol. The van der Waals surface area contributed by atoms with E-state index in [0.717, 1.165) is 5.57 Å². The van der Waals surface area contributed by atoms with Gasteiger partial charge in [-0.15, -0.1) is 0 Å². The van der Waals surface area contributed by atoms with Gasteiger partial charge in [0.1, 0.15) is 0 Å². The molecule has 0 saturated carbocycles. The normalized spacial score (nSPS) is 12.1. The fourth-order valence-electron chi connectivity index (χ4n) is 1.35. The van der Waals surface area contributed by atoms with Gasteiger partial charge >= 0.3 is 0 Å². The van der Waals surface area contributed by atoms with Crippen molar-refractivity contribution in [3.8, 4) is 0 Å². The van der Waals surface area contributed by atoms with Crippen LogP contribution in [0.2, 0.25) is 0 Å². The van der Waals surface area contributed by atoms with E-state index in [1.54, 1.807) is 0 Å². The third-order valence-corrected chi connectivity index (χ3v) is 2.37. The molecule has 78 valence electrons. The lowest BCUT2D eigenvalue weighted by Crippen LogP contribution is -1.81. The van der Waals surface area contributed by atoms with Crippen molar-refractivity contribution in [3.63, 3.8) is 0 Å². The van der Waals surface area contributed by atoms with Crippen LogP contribution in [0.1, 0.15) is 31.9 Å². The lowest BCUT2D eigenvalue weighted by molar-refractivity contribution is 1.52. The zero-order chi connectivity index (χ0) is 11.3. The van der Waals surface area contributed by atoms with Gasteiger partial charge in [0, 0.05) is 0 Å². The maximum atomic E-state index is 3.92. The van der Waals surface area contributed by atoms with E-state index < -0.39 is 0 Å². The van der Waals surface area contributed by atoms with Crippen LogP contribution in [0.15, 0.2) is 49.1 Å². The van der Waals surface area contributed by atoms with Crippen molar-refractivity contribution in [2.75, 3.05) is 0 Å². The summed E-state index contributed by atoms with van der Waals surface area (Å²) >= 11 is 0. The van der Waals surface area contributed by atoms with E-state index in [9.17, 15) is 0 Å². The van der Waals surface area contributed by atoms with Crippen LogP contribution in [0.5, 0.6) is 0 Å². The molecular formula is C15H18. The lowest BCUT2D eigenvalue weighted by Gasteiger charge is -2.03. The van der Waals surface area contributed by atoms with Gasteiger partial charge in [-0.3, -0.25) is 0 Å². The van der Waals surface area contributed by atoms with Crippen molar-refractivity contribution in [2.45, 2.75) is 20.8 Å². The molecule has 1 rings (SSSR count). The molecule has 0 unspecified atom stereocenters. The van der Waals surface area contributed by atoms with E-state index >= 15 is 0 Å². The SMILES string of the molecule is C=C(C)c1ccc(/C(C)=C/C=C\C)cc1. The number of hydrogen-bond acceptors (Lipinski definition) is 0. The first-order valence-corrected chi connectivity index (χ1v) is 5.21. The molecule has 0 aromatic heterocycles. The molecule has 0 atom stereocenters. The third-order valence-electron chi connectivity index (χ3n) is 2.37. The smallest absolute Gasteiger partial charge is 0.0227 e. The highest BCUT2D eigenvalue weighted by atomic mass is 14.0. The Kier molecular flexibility index (Phi) is 4.11. The Morgan fingerprint density at radius 2 is 1.60 bits per heavy atom. The van der Waals surface area contributed by atoms with Crippen LogP contribution in [0, 0.1) is 0 Å². The average molecular weight is 198 g/mol. The second-order valence-electron chi connectivity index (χ2n) is 3.73. The van der Waals surface area contributed by atoms with Gasteiger partial charge in [0.25, 0.3) is 0 Å². The van der Waals surface area contributed by atoms with E-state index in [2.05, 4.69) is 49.9 Å². The molecule has 0 heteroatoms. The van der Waals surface area contributed by atoms with Crippen molar-refractivity contribution < 1.29 is 0 Å². The second kappa shape index (κ2) is 5.35. The molecule has 0 amide bonds. The van der Waals surface area contributed by atoms with Gasteiger partial charge in [0.05, 0.1) is 0 Å². The van der Waals surface area contributed by atoms with E-state index in [1.165, 1.54) is 16.7 Å². The lowest BCUT2D eigenvalue weighted by atomic mass is 10.0. The van der Waals surface area contributed by atoms with E-state index in [1.807, 2.05) is 19.9 Å². The summed E-state index contributed by atoms with van der Waals surface area (Å²) in [5.74, 6) is 0. The zero-order valence-electron chi connectivity index (χ0n) is 9.75. The Labute approximate surface area is 92.6 Å². The summed E-state index contributed by atoms with van der Waals surface area (Å²) in [4.78, 5) is 0. The standard InChI is InChI=1S/C15H18/c1-5-6-7-13(4)15-10-8-14(9-11-15)12(2)3/h5-11H,2H2,1,3-4H3/b6-5-,13-7+. The molecule has 0 saturated heterocycles. The first kappa shape index (κ1) is 11.5. The first-order valence-electron chi connectivity index (χ1n) is 5.21. The largest absolute Gasteiger partial charge is 0.0955 e. The van der Waals surface area contributed by atoms with Crippen LogP contribution in [0.3, 0.4) is 0 Å². The molecule has 0 nitrogen and oxygen atoms in total. The molecule has 0 radical (unpaired) electrons. The maximum absolute atomic E-state index is 3.92. The van der Waals surface area contributed by atoms with Crippen LogP contribution in [0.25, 0.3) is 11.1 Å². The van der Waals surface area contributed by atoms with E-state index in [-0.39, 0.29) is 0 Å². The molecule has 1 aromatic carbocycles. The second-order valence-corrected chi connectivity index (χ2v) is 3.73. The fourth-order valence-corrected chi connectivity index (χ4v) is 1.35. The van der Waals surface area contributed by atoms with Crippen LogP contribution >= 0.6 is 0 Å². The number of rotatable bonds is 3. The van der Waals surface area contributed by atoms with Gasteiger partial charge in [0.2, 0.25) is 0 Å². The van der Waals surface area contributed by atoms with Gasteiger partial charge in [-0.05, 0) is 37.5 Å². The molecule has 0 bridgehead atoms. The summed E-state index contributed by atoms with van der Waals surface area (Å²) < 4.78 is 0. The average Bonchev–Trinajstić information content (AvgIpc) is 2.26. The van der Waals surface area contributed by atoms with Crippen molar-refractivity contribution in [1.29, 1.82) is 0 Å². The van der Waals surface area contributed by atoms with Crippen LogP contribution in [0.4, 0.5) is 0 Å². The highest BCUT2D eigenvalue weighted by Crippen LogP contribution is 2.17. The summed E-state index contributed by atoms with van der Waals surface area (Å²) in [6.45, 7) is 10.1. The van der Waals surface area contributed by atoms with Gasteiger partial charge in [-0.2, -0.15) is 0 Å². The van der Waals surface area contributed by atoms with Crippen molar-refractivity contribution in [2.24, 2.45) is 0 Å². The van der Waals surface area contributed by atoms with Gasteiger partial charge in [-0.25, -0.2) is 0 Å².